The molecule has 8 heteroatoms. The summed E-state index contributed by atoms with van der Waals surface area (Å²) in [5.41, 5.74) is 2.42. The molecule has 1 N–H and O–H groups in total. The molecular weight excluding hydrogens is 418 g/mol. The predicted octanol–water partition coefficient (Wildman–Crippen LogP) is 4.31. The van der Waals surface area contributed by atoms with Gasteiger partial charge in [-0.3, -0.25) is 14.9 Å². The fraction of sp³-hybridized carbons (Fsp3) is 0.217. The van der Waals surface area contributed by atoms with E-state index in [4.69, 9.17) is 21.1 Å². The number of nitrogens with one attached hydrogen (secondary N) is 1. The normalized spacial score (nSPS) is 15.2. The van der Waals surface area contributed by atoms with E-state index in [0.717, 1.165) is 5.56 Å². The minimum absolute atomic E-state index is 0.0263. The number of amides is 1. The van der Waals surface area contributed by atoms with Gasteiger partial charge >= 0.3 is 0 Å². The molecule has 158 valence electrons. The number of halogens is 1. The standard InChI is InChI=1S/C23H20ClN3O4/c1-30-17-7-15(8-18(11-17)31-2)22(29)27-23-25-12-19-20(26-23)9-14(10-21(19)28)13-4-3-5-16(24)6-13/h3-8,11-12,14H,9-10H2,1-2H3,(H,25,26,27,29)/t14-/m1/s1. The second kappa shape index (κ2) is 8.73. The zero-order valence-electron chi connectivity index (χ0n) is 17.0. The fourth-order valence-corrected chi connectivity index (χ4v) is 3.81. The van der Waals surface area contributed by atoms with Crippen LogP contribution in [-0.2, 0) is 6.42 Å². The van der Waals surface area contributed by atoms with Gasteiger partial charge in [0.2, 0.25) is 5.95 Å². The number of fused-ring (bicyclic) bond motifs is 1. The lowest BCUT2D eigenvalue weighted by Crippen LogP contribution is -2.22. The summed E-state index contributed by atoms with van der Waals surface area (Å²) in [6.07, 6.45) is 2.40. The van der Waals surface area contributed by atoms with Crippen LogP contribution in [0.2, 0.25) is 5.02 Å². The Balaban J connectivity index is 1.58. The molecular formula is C23H20ClN3O4. The fourth-order valence-electron chi connectivity index (χ4n) is 3.61. The maximum atomic E-state index is 12.7. The molecule has 2 aromatic carbocycles. The van der Waals surface area contributed by atoms with Crippen LogP contribution >= 0.6 is 11.6 Å². The van der Waals surface area contributed by atoms with Crippen LogP contribution in [-0.4, -0.2) is 35.9 Å². The molecule has 1 aliphatic carbocycles. The van der Waals surface area contributed by atoms with Gasteiger partial charge in [-0.15, -0.1) is 0 Å². The van der Waals surface area contributed by atoms with Crippen LogP contribution in [0.5, 0.6) is 11.5 Å². The summed E-state index contributed by atoms with van der Waals surface area (Å²) in [6, 6.07) is 12.3. The van der Waals surface area contributed by atoms with E-state index in [2.05, 4.69) is 15.3 Å². The first kappa shape index (κ1) is 20.8. The third-order valence-electron chi connectivity index (χ3n) is 5.20. The number of Topliss-reactive ketones (excluding diaryl/α,β-unsaturated/α-hetero) is 1. The number of rotatable bonds is 5. The Bertz CT molecular complexity index is 1140. The molecule has 0 bridgehead atoms. The number of benzene rings is 2. The molecule has 1 aromatic heterocycles. The van der Waals surface area contributed by atoms with Crippen molar-refractivity contribution in [3.63, 3.8) is 0 Å². The van der Waals surface area contributed by atoms with Gasteiger partial charge in [-0.25, -0.2) is 9.97 Å². The second-order valence-corrected chi connectivity index (χ2v) is 7.63. The van der Waals surface area contributed by atoms with Crippen molar-refractivity contribution in [1.29, 1.82) is 0 Å². The Morgan fingerprint density at radius 3 is 2.52 bits per heavy atom. The molecule has 4 rings (SSSR count). The molecule has 0 aliphatic heterocycles. The monoisotopic (exact) mass is 437 g/mol. The van der Waals surface area contributed by atoms with E-state index in [9.17, 15) is 9.59 Å². The van der Waals surface area contributed by atoms with Gasteiger partial charge in [0.15, 0.2) is 5.78 Å². The highest BCUT2D eigenvalue weighted by atomic mass is 35.5. The van der Waals surface area contributed by atoms with E-state index in [1.54, 1.807) is 24.3 Å². The summed E-state index contributed by atoms with van der Waals surface area (Å²) in [5, 5.41) is 3.31. The average Bonchev–Trinajstić information content (AvgIpc) is 2.78. The first-order valence-corrected chi connectivity index (χ1v) is 10.0. The molecule has 1 heterocycles. The van der Waals surface area contributed by atoms with Gasteiger partial charge in [-0.05, 0) is 42.2 Å². The van der Waals surface area contributed by atoms with Crippen molar-refractivity contribution in [3.8, 4) is 11.5 Å². The van der Waals surface area contributed by atoms with Crippen LogP contribution in [0.15, 0.2) is 48.7 Å². The maximum absolute atomic E-state index is 12.7. The van der Waals surface area contributed by atoms with Crippen molar-refractivity contribution in [1.82, 2.24) is 9.97 Å². The highest BCUT2D eigenvalue weighted by Crippen LogP contribution is 2.33. The van der Waals surface area contributed by atoms with Crippen LogP contribution in [0.1, 0.15) is 44.3 Å². The highest BCUT2D eigenvalue weighted by Gasteiger charge is 2.28. The molecule has 0 radical (unpaired) electrons. The SMILES string of the molecule is COc1cc(OC)cc(C(=O)Nc2ncc3c(n2)C[C@@H](c2cccc(Cl)c2)CC3=O)c1. The van der Waals surface area contributed by atoms with Gasteiger partial charge in [0, 0.05) is 29.3 Å². The van der Waals surface area contributed by atoms with E-state index >= 15 is 0 Å². The number of ketones is 1. The summed E-state index contributed by atoms with van der Waals surface area (Å²) in [4.78, 5) is 34.0. The smallest absolute Gasteiger partial charge is 0.258 e. The number of hydrogen-bond donors (Lipinski definition) is 1. The van der Waals surface area contributed by atoms with Gasteiger partial charge in [0.1, 0.15) is 11.5 Å². The summed E-state index contributed by atoms with van der Waals surface area (Å²) in [5.74, 6) is 0.647. The Hall–Kier alpha value is -3.45. The first-order chi connectivity index (χ1) is 15.0. The largest absolute Gasteiger partial charge is 0.497 e. The highest BCUT2D eigenvalue weighted by molar-refractivity contribution is 6.30. The number of methoxy groups -OCH3 is 2. The van der Waals surface area contributed by atoms with E-state index in [1.165, 1.54) is 20.4 Å². The lowest BCUT2D eigenvalue weighted by Gasteiger charge is -2.23. The lowest BCUT2D eigenvalue weighted by atomic mass is 9.82. The van der Waals surface area contributed by atoms with Crippen LogP contribution in [0.3, 0.4) is 0 Å². The number of anilines is 1. The zero-order valence-corrected chi connectivity index (χ0v) is 17.8. The molecule has 1 atom stereocenters. The van der Waals surface area contributed by atoms with E-state index in [-0.39, 0.29) is 17.6 Å². The number of aromatic nitrogens is 2. The Morgan fingerprint density at radius 1 is 1.10 bits per heavy atom. The Morgan fingerprint density at radius 2 is 1.84 bits per heavy atom. The number of nitrogens with zero attached hydrogens (tertiary/aromatic N) is 2. The van der Waals surface area contributed by atoms with Crippen LogP contribution in [0, 0.1) is 0 Å². The van der Waals surface area contributed by atoms with E-state index < -0.39 is 5.91 Å². The Kier molecular flexibility index (Phi) is 5.86. The summed E-state index contributed by atoms with van der Waals surface area (Å²) >= 11 is 6.11. The number of carbonyl (C=O) groups excluding carboxylic acids is 2. The molecule has 31 heavy (non-hydrogen) atoms. The van der Waals surface area contributed by atoms with Gasteiger partial charge < -0.3 is 9.47 Å². The summed E-state index contributed by atoms with van der Waals surface area (Å²) in [7, 11) is 3.02. The van der Waals surface area contributed by atoms with Crippen LogP contribution in [0.4, 0.5) is 5.95 Å². The van der Waals surface area contributed by atoms with Gasteiger partial charge in [0.25, 0.3) is 5.91 Å². The average molecular weight is 438 g/mol. The van der Waals surface area contributed by atoms with Gasteiger partial charge in [-0.2, -0.15) is 0 Å². The predicted molar refractivity (Wildman–Crippen MR) is 116 cm³/mol. The first-order valence-electron chi connectivity index (χ1n) is 9.66. The molecule has 0 unspecified atom stereocenters. The summed E-state index contributed by atoms with van der Waals surface area (Å²) in [6.45, 7) is 0. The molecule has 0 saturated heterocycles. The lowest BCUT2D eigenvalue weighted by molar-refractivity contribution is 0.0962. The van der Waals surface area contributed by atoms with Gasteiger partial charge in [-0.1, -0.05) is 23.7 Å². The van der Waals surface area contributed by atoms with Crippen molar-refractivity contribution in [2.75, 3.05) is 19.5 Å². The number of ether oxygens (including phenoxy) is 2. The van der Waals surface area contributed by atoms with E-state index in [0.29, 0.717) is 46.2 Å². The molecule has 0 fully saturated rings. The van der Waals surface area contributed by atoms with Crippen molar-refractivity contribution in [2.24, 2.45) is 0 Å². The maximum Gasteiger partial charge on any atom is 0.258 e. The quantitative estimate of drug-likeness (QED) is 0.639. The Labute approximate surface area is 184 Å². The minimum Gasteiger partial charge on any atom is -0.497 e. The molecule has 0 spiro atoms. The van der Waals surface area contributed by atoms with E-state index in [1.807, 2.05) is 18.2 Å². The van der Waals surface area contributed by atoms with Gasteiger partial charge in [0.05, 0.1) is 25.5 Å². The van der Waals surface area contributed by atoms with Crippen molar-refractivity contribution in [3.05, 3.63) is 76.1 Å². The third-order valence-corrected chi connectivity index (χ3v) is 5.43. The zero-order chi connectivity index (χ0) is 22.0. The molecule has 0 saturated carbocycles. The number of hydrogen-bond acceptors (Lipinski definition) is 6. The van der Waals surface area contributed by atoms with Crippen LogP contribution < -0.4 is 14.8 Å². The summed E-state index contributed by atoms with van der Waals surface area (Å²) < 4.78 is 10.4. The van der Waals surface area contributed by atoms with Crippen molar-refractivity contribution < 1.29 is 19.1 Å². The second-order valence-electron chi connectivity index (χ2n) is 7.19. The topological polar surface area (TPSA) is 90.4 Å². The molecule has 3 aromatic rings. The minimum atomic E-state index is -0.411. The molecule has 1 aliphatic rings. The molecule has 7 nitrogen and oxygen atoms in total. The van der Waals surface area contributed by atoms with Crippen molar-refractivity contribution in [2.45, 2.75) is 18.8 Å². The molecule has 1 amide bonds. The van der Waals surface area contributed by atoms with Crippen LogP contribution in [0.25, 0.3) is 0 Å². The number of carbonyl (C=O) groups is 2. The third kappa shape index (κ3) is 4.51. The van der Waals surface area contributed by atoms with Crippen molar-refractivity contribution >= 4 is 29.2 Å².